The second-order valence-corrected chi connectivity index (χ2v) is 5.15. The number of amides is 2. The maximum absolute atomic E-state index is 11.6. The Balaban J connectivity index is 2.07. The van der Waals surface area contributed by atoms with Crippen molar-refractivity contribution in [2.24, 2.45) is 0 Å². The molecule has 1 aromatic rings. The number of nitrogens with zero attached hydrogens (tertiary/aromatic N) is 1. The van der Waals surface area contributed by atoms with E-state index in [0.717, 1.165) is 19.0 Å². The molecule has 1 heterocycles. The third-order valence-corrected chi connectivity index (χ3v) is 3.42. The number of urea groups is 1. The van der Waals surface area contributed by atoms with Crippen LogP contribution in [0, 0.1) is 0 Å². The Bertz CT molecular complexity index is 504. The molecule has 1 aromatic heterocycles. The lowest BCUT2D eigenvalue weighted by molar-refractivity contribution is 0.245. The van der Waals surface area contributed by atoms with Gasteiger partial charge in [0, 0.05) is 6.04 Å². The lowest BCUT2D eigenvalue weighted by Crippen LogP contribution is -2.40. The van der Waals surface area contributed by atoms with Crippen molar-refractivity contribution in [1.29, 1.82) is 0 Å². The zero-order chi connectivity index (χ0) is 11.8. The number of nitrogens with two attached hydrogens (primary N) is 1. The molecule has 1 aliphatic rings. The maximum atomic E-state index is 11.6. The zero-order valence-electron chi connectivity index (χ0n) is 8.23. The highest BCUT2D eigenvalue weighted by Gasteiger charge is 2.27. The number of aromatic amines is 1. The maximum Gasteiger partial charge on any atom is 0.328 e. The molecule has 2 rings (SSSR count). The van der Waals surface area contributed by atoms with Crippen LogP contribution in [-0.2, 0) is 10.0 Å². The first-order valence-corrected chi connectivity index (χ1v) is 6.09. The van der Waals surface area contributed by atoms with Crippen LogP contribution in [0.15, 0.2) is 11.1 Å². The summed E-state index contributed by atoms with van der Waals surface area (Å²) < 4.78 is 25.1. The Hall–Kier alpha value is -1.77. The van der Waals surface area contributed by atoms with Crippen molar-refractivity contribution in [3.63, 3.8) is 0 Å². The Morgan fingerprint density at radius 2 is 2.25 bits per heavy atom. The van der Waals surface area contributed by atoms with Crippen LogP contribution in [0.4, 0.5) is 10.6 Å². The molecule has 1 saturated carbocycles. The highest BCUT2D eigenvalue weighted by molar-refractivity contribution is 7.90. The molecule has 2 amide bonds. The summed E-state index contributed by atoms with van der Waals surface area (Å²) in [6.07, 6.45) is 2.80. The number of carbonyl (C=O) groups excluding carboxylic acids is 1. The molecule has 0 spiro atoms. The number of rotatable bonds is 3. The van der Waals surface area contributed by atoms with Crippen LogP contribution < -0.4 is 15.8 Å². The zero-order valence-corrected chi connectivity index (χ0v) is 9.04. The van der Waals surface area contributed by atoms with Crippen molar-refractivity contribution in [2.45, 2.75) is 23.8 Å². The summed E-state index contributed by atoms with van der Waals surface area (Å²) in [6, 6.07) is -0.667. The van der Waals surface area contributed by atoms with Gasteiger partial charge in [0.2, 0.25) is 0 Å². The second kappa shape index (κ2) is 3.67. The summed E-state index contributed by atoms with van der Waals surface area (Å²) in [7, 11) is -3.95. The molecule has 0 bridgehead atoms. The van der Waals surface area contributed by atoms with E-state index in [1.165, 1.54) is 0 Å². The number of sulfonamides is 1. The fourth-order valence-electron chi connectivity index (χ4n) is 1.12. The van der Waals surface area contributed by atoms with Crippen LogP contribution in [0.25, 0.3) is 0 Å². The van der Waals surface area contributed by atoms with Crippen LogP contribution in [0.5, 0.6) is 0 Å². The number of nitrogen functional groups attached to an aromatic ring is 1. The fraction of sp³-hybridized carbons (Fsp3) is 0.429. The van der Waals surface area contributed by atoms with Gasteiger partial charge >= 0.3 is 6.03 Å². The van der Waals surface area contributed by atoms with Crippen molar-refractivity contribution in [3.05, 3.63) is 6.20 Å². The van der Waals surface area contributed by atoms with E-state index < -0.39 is 16.1 Å². The molecule has 8 nitrogen and oxygen atoms in total. The molecular formula is C7H11N5O3S. The summed E-state index contributed by atoms with van der Waals surface area (Å²) in [5, 5.41) is 8.24. The molecule has 0 saturated heterocycles. The predicted octanol–water partition coefficient (Wildman–Crippen LogP) is -0.858. The third kappa shape index (κ3) is 2.24. The molecule has 9 heteroatoms. The van der Waals surface area contributed by atoms with E-state index in [0.29, 0.717) is 0 Å². The number of H-pyrrole nitrogens is 1. The van der Waals surface area contributed by atoms with E-state index >= 15 is 0 Å². The van der Waals surface area contributed by atoms with Crippen LogP contribution in [0.3, 0.4) is 0 Å². The predicted molar refractivity (Wildman–Crippen MR) is 54.9 cm³/mol. The number of hydrogen-bond donors (Lipinski definition) is 4. The van der Waals surface area contributed by atoms with Gasteiger partial charge in [0.05, 0.1) is 6.20 Å². The minimum absolute atomic E-state index is 0.0805. The first-order valence-electron chi connectivity index (χ1n) is 4.61. The number of anilines is 1. The van der Waals surface area contributed by atoms with Crippen LogP contribution in [0.1, 0.15) is 12.8 Å². The molecule has 5 N–H and O–H groups in total. The van der Waals surface area contributed by atoms with Gasteiger partial charge in [0.15, 0.2) is 0 Å². The van der Waals surface area contributed by atoms with Crippen molar-refractivity contribution in [2.75, 3.05) is 5.73 Å². The van der Waals surface area contributed by atoms with Gasteiger partial charge in [0.25, 0.3) is 10.0 Å². The lowest BCUT2D eigenvalue weighted by atomic mass is 10.7. The second-order valence-electron chi connectivity index (χ2n) is 3.50. The standard InChI is InChI=1S/C7H11N5O3S/c8-6-5(3-9-11-6)16(14,15)12-7(13)10-4-1-2-4/h3-4H,1-2H2,(H3,8,9,11)(H2,10,12,13). The minimum atomic E-state index is -3.95. The smallest absolute Gasteiger partial charge is 0.328 e. The van der Waals surface area contributed by atoms with E-state index in [-0.39, 0.29) is 16.8 Å². The third-order valence-electron chi connectivity index (χ3n) is 2.06. The van der Waals surface area contributed by atoms with Gasteiger partial charge in [0.1, 0.15) is 10.7 Å². The summed E-state index contributed by atoms with van der Waals surface area (Å²) >= 11 is 0. The van der Waals surface area contributed by atoms with Crippen LogP contribution >= 0.6 is 0 Å². The van der Waals surface area contributed by atoms with Gasteiger partial charge in [-0.3, -0.25) is 5.10 Å². The van der Waals surface area contributed by atoms with Gasteiger partial charge < -0.3 is 11.1 Å². The number of aromatic nitrogens is 2. The Kier molecular flexibility index (Phi) is 2.46. The van der Waals surface area contributed by atoms with Crippen molar-refractivity contribution < 1.29 is 13.2 Å². The number of carbonyl (C=O) groups is 1. The van der Waals surface area contributed by atoms with Crippen LogP contribution in [0.2, 0.25) is 0 Å². The molecule has 0 aliphatic heterocycles. The van der Waals surface area contributed by atoms with E-state index in [4.69, 9.17) is 5.73 Å². The highest BCUT2D eigenvalue weighted by Crippen LogP contribution is 2.18. The average molecular weight is 245 g/mol. The highest BCUT2D eigenvalue weighted by atomic mass is 32.2. The fourth-order valence-corrected chi connectivity index (χ4v) is 2.06. The van der Waals surface area contributed by atoms with Gasteiger partial charge in [-0.15, -0.1) is 0 Å². The molecule has 0 unspecified atom stereocenters. The molecule has 16 heavy (non-hydrogen) atoms. The van der Waals surface area contributed by atoms with Gasteiger partial charge in [-0.25, -0.2) is 17.9 Å². The lowest BCUT2D eigenvalue weighted by Gasteiger charge is -2.06. The number of hydrogen-bond acceptors (Lipinski definition) is 5. The van der Waals surface area contributed by atoms with E-state index in [9.17, 15) is 13.2 Å². The van der Waals surface area contributed by atoms with E-state index in [2.05, 4.69) is 15.5 Å². The largest absolute Gasteiger partial charge is 0.383 e. The van der Waals surface area contributed by atoms with Crippen molar-refractivity contribution >= 4 is 21.9 Å². The molecule has 0 radical (unpaired) electrons. The van der Waals surface area contributed by atoms with Crippen molar-refractivity contribution in [3.8, 4) is 0 Å². The Labute approximate surface area is 91.6 Å². The molecule has 1 aliphatic carbocycles. The van der Waals surface area contributed by atoms with E-state index in [1.54, 1.807) is 0 Å². The summed E-state index contributed by atoms with van der Waals surface area (Å²) in [4.78, 5) is 11.0. The molecule has 0 atom stereocenters. The van der Waals surface area contributed by atoms with Crippen molar-refractivity contribution in [1.82, 2.24) is 20.2 Å². The van der Waals surface area contributed by atoms with E-state index in [1.807, 2.05) is 4.72 Å². The first kappa shape index (κ1) is 10.7. The normalized spacial score (nSPS) is 15.8. The molecule has 0 aromatic carbocycles. The SMILES string of the molecule is Nc1[nH]ncc1S(=O)(=O)NC(=O)NC1CC1. The average Bonchev–Trinajstić information content (AvgIpc) is 2.84. The first-order chi connectivity index (χ1) is 7.49. The topological polar surface area (TPSA) is 130 Å². The summed E-state index contributed by atoms with van der Waals surface area (Å²) in [5.41, 5.74) is 5.35. The van der Waals surface area contributed by atoms with Gasteiger partial charge in [-0.05, 0) is 12.8 Å². The molecule has 1 fully saturated rings. The number of nitrogens with one attached hydrogen (secondary N) is 3. The quantitative estimate of drug-likeness (QED) is 0.550. The molecular weight excluding hydrogens is 234 g/mol. The summed E-state index contributed by atoms with van der Waals surface area (Å²) in [5.74, 6) is -0.105. The monoisotopic (exact) mass is 245 g/mol. The Morgan fingerprint density at radius 3 is 2.75 bits per heavy atom. The Morgan fingerprint density at radius 1 is 1.56 bits per heavy atom. The van der Waals surface area contributed by atoms with Gasteiger partial charge in [-0.1, -0.05) is 0 Å². The molecule has 88 valence electrons. The van der Waals surface area contributed by atoms with Crippen LogP contribution in [-0.4, -0.2) is 30.7 Å². The minimum Gasteiger partial charge on any atom is -0.383 e. The summed E-state index contributed by atoms with van der Waals surface area (Å²) in [6.45, 7) is 0. The van der Waals surface area contributed by atoms with Gasteiger partial charge in [-0.2, -0.15) is 5.10 Å².